The molecule has 1 N–H and O–H groups in total. The lowest BCUT2D eigenvalue weighted by Crippen LogP contribution is -2.40. The molecule has 0 aromatic carbocycles. The minimum Gasteiger partial charge on any atom is -0.481 e. The largest absolute Gasteiger partial charge is 0.481 e. The topological polar surface area (TPSA) is 53.4 Å². The van der Waals surface area contributed by atoms with Gasteiger partial charge in [0.05, 0.1) is 12.1 Å². The van der Waals surface area contributed by atoms with E-state index in [-0.39, 0.29) is 12.5 Å². The summed E-state index contributed by atoms with van der Waals surface area (Å²) in [7, 11) is 0. The molecule has 94 valence electrons. The lowest BCUT2D eigenvalue weighted by Gasteiger charge is -2.34. The van der Waals surface area contributed by atoms with Crippen molar-refractivity contribution in [2.75, 3.05) is 11.4 Å². The highest BCUT2D eigenvalue weighted by molar-refractivity contribution is 7.13. The molecule has 17 heavy (non-hydrogen) atoms. The number of aryl methyl sites for hydroxylation is 1. The molecule has 1 aliphatic heterocycles. The summed E-state index contributed by atoms with van der Waals surface area (Å²) < 4.78 is 0. The normalized spacial score (nSPS) is 20.5. The molecule has 1 saturated heterocycles. The van der Waals surface area contributed by atoms with Gasteiger partial charge in [0, 0.05) is 18.0 Å². The van der Waals surface area contributed by atoms with E-state index in [2.05, 4.69) is 22.2 Å². The molecule has 1 unspecified atom stereocenters. The van der Waals surface area contributed by atoms with E-state index in [1.165, 1.54) is 0 Å². The molecule has 5 heteroatoms. The molecule has 2 rings (SSSR count). The van der Waals surface area contributed by atoms with Crippen LogP contribution < -0.4 is 4.90 Å². The van der Waals surface area contributed by atoms with Crippen molar-refractivity contribution in [1.82, 2.24) is 4.98 Å². The highest BCUT2D eigenvalue weighted by Gasteiger charge is 2.26. The first-order valence-electron chi connectivity index (χ1n) is 6.13. The third kappa shape index (κ3) is 2.97. The van der Waals surface area contributed by atoms with Gasteiger partial charge in [-0.3, -0.25) is 4.79 Å². The van der Waals surface area contributed by atoms with E-state index < -0.39 is 5.97 Å². The van der Waals surface area contributed by atoms with E-state index in [1.807, 2.05) is 0 Å². The number of hydrogen-bond acceptors (Lipinski definition) is 4. The number of aromatic nitrogens is 1. The Morgan fingerprint density at radius 3 is 3.12 bits per heavy atom. The second-order valence-corrected chi connectivity index (χ2v) is 5.25. The SMILES string of the molecule is CCc1csc(N2CCCCC2CC(=O)O)n1. The first-order valence-corrected chi connectivity index (χ1v) is 7.01. The van der Waals surface area contributed by atoms with Crippen LogP contribution in [0, 0.1) is 0 Å². The number of piperidine rings is 1. The number of carboxylic acid groups (broad SMARTS) is 1. The van der Waals surface area contributed by atoms with Crippen molar-refractivity contribution in [2.24, 2.45) is 0 Å². The van der Waals surface area contributed by atoms with Gasteiger partial charge in [0.2, 0.25) is 0 Å². The molecule has 4 nitrogen and oxygen atoms in total. The molecule has 1 aromatic heterocycles. The van der Waals surface area contributed by atoms with Crippen LogP contribution in [0.3, 0.4) is 0 Å². The Bertz CT molecular complexity index is 392. The summed E-state index contributed by atoms with van der Waals surface area (Å²) in [4.78, 5) is 17.6. The van der Waals surface area contributed by atoms with Crippen LogP contribution in [0.5, 0.6) is 0 Å². The van der Waals surface area contributed by atoms with Gasteiger partial charge in [-0.25, -0.2) is 4.98 Å². The van der Waals surface area contributed by atoms with Gasteiger partial charge in [0.15, 0.2) is 5.13 Å². The summed E-state index contributed by atoms with van der Waals surface area (Å²) in [5.41, 5.74) is 1.10. The summed E-state index contributed by atoms with van der Waals surface area (Å²) in [5, 5.41) is 12.0. The summed E-state index contributed by atoms with van der Waals surface area (Å²) >= 11 is 1.63. The number of rotatable bonds is 4. The predicted octanol–water partition coefficient (Wildman–Crippen LogP) is 2.54. The van der Waals surface area contributed by atoms with E-state index in [0.717, 1.165) is 43.1 Å². The zero-order valence-corrected chi connectivity index (χ0v) is 10.9. The van der Waals surface area contributed by atoms with Crippen LogP contribution in [-0.4, -0.2) is 28.6 Å². The van der Waals surface area contributed by atoms with Crippen LogP contribution in [0.1, 0.15) is 38.3 Å². The van der Waals surface area contributed by atoms with E-state index in [1.54, 1.807) is 11.3 Å². The van der Waals surface area contributed by atoms with Crippen LogP contribution in [0.25, 0.3) is 0 Å². The van der Waals surface area contributed by atoms with Gasteiger partial charge in [-0.05, 0) is 25.7 Å². The second-order valence-electron chi connectivity index (χ2n) is 4.42. The third-order valence-corrected chi connectivity index (χ3v) is 4.11. The Morgan fingerprint density at radius 2 is 2.47 bits per heavy atom. The Balaban J connectivity index is 2.12. The van der Waals surface area contributed by atoms with Gasteiger partial charge >= 0.3 is 5.97 Å². The molecule has 0 radical (unpaired) electrons. The number of carboxylic acids is 1. The molecule has 0 spiro atoms. The van der Waals surface area contributed by atoms with Gasteiger partial charge in [0.1, 0.15) is 0 Å². The molecule has 0 saturated carbocycles. The van der Waals surface area contributed by atoms with Crippen LogP contribution in [0.2, 0.25) is 0 Å². The fourth-order valence-electron chi connectivity index (χ4n) is 2.26. The third-order valence-electron chi connectivity index (χ3n) is 3.18. The van der Waals surface area contributed by atoms with Crippen molar-refractivity contribution >= 4 is 22.4 Å². The van der Waals surface area contributed by atoms with Gasteiger partial charge < -0.3 is 10.0 Å². The molecule has 0 bridgehead atoms. The number of hydrogen-bond donors (Lipinski definition) is 1. The molecule has 1 aromatic rings. The lowest BCUT2D eigenvalue weighted by molar-refractivity contribution is -0.137. The molecule has 1 aliphatic rings. The number of carbonyl (C=O) groups is 1. The van der Waals surface area contributed by atoms with E-state index in [9.17, 15) is 4.79 Å². The molecule has 2 heterocycles. The fraction of sp³-hybridized carbons (Fsp3) is 0.667. The first-order chi connectivity index (χ1) is 8.20. The van der Waals surface area contributed by atoms with Crippen LogP contribution >= 0.6 is 11.3 Å². The van der Waals surface area contributed by atoms with Crippen molar-refractivity contribution in [3.63, 3.8) is 0 Å². The van der Waals surface area contributed by atoms with Crippen molar-refractivity contribution < 1.29 is 9.90 Å². The molecule has 0 aliphatic carbocycles. The zero-order valence-electron chi connectivity index (χ0n) is 10.1. The highest BCUT2D eigenvalue weighted by Crippen LogP contribution is 2.29. The lowest BCUT2D eigenvalue weighted by atomic mass is 10.0. The summed E-state index contributed by atoms with van der Waals surface area (Å²) in [6, 6.07) is 0.122. The Morgan fingerprint density at radius 1 is 1.65 bits per heavy atom. The smallest absolute Gasteiger partial charge is 0.305 e. The quantitative estimate of drug-likeness (QED) is 0.897. The monoisotopic (exact) mass is 254 g/mol. The van der Waals surface area contributed by atoms with Crippen molar-refractivity contribution in [1.29, 1.82) is 0 Å². The minimum atomic E-state index is -0.714. The van der Waals surface area contributed by atoms with Crippen molar-refractivity contribution in [2.45, 2.75) is 45.1 Å². The van der Waals surface area contributed by atoms with E-state index in [0.29, 0.717) is 0 Å². The van der Waals surface area contributed by atoms with Crippen LogP contribution in [-0.2, 0) is 11.2 Å². The first kappa shape index (κ1) is 12.4. The Labute approximate surface area is 105 Å². The number of thiazole rings is 1. The molecular formula is C12H18N2O2S. The Hall–Kier alpha value is -1.10. The van der Waals surface area contributed by atoms with Gasteiger partial charge in [-0.2, -0.15) is 0 Å². The van der Waals surface area contributed by atoms with Gasteiger partial charge in [-0.15, -0.1) is 11.3 Å². The maximum atomic E-state index is 10.9. The summed E-state index contributed by atoms with van der Waals surface area (Å²) in [6.45, 7) is 3.03. The number of anilines is 1. The van der Waals surface area contributed by atoms with E-state index in [4.69, 9.17) is 5.11 Å². The summed E-state index contributed by atoms with van der Waals surface area (Å²) in [5.74, 6) is -0.714. The predicted molar refractivity (Wildman–Crippen MR) is 68.7 cm³/mol. The van der Waals surface area contributed by atoms with Gasteiger partial charge in [-0.1, -0.05) is 6.92 Å². The maximum Gasteiger partial charge on any atom is 0.305 e. The minimum absolute atomic E-state index is 0.122. The summed E-state index contributed by atoms with van der Waals surface area (Å²) in [6.07, 6.45) is 4.39. The van der Waals surface area contributed by atoms with Crippen LogP contribution in [0.4, 0.5) is 5.13 Å². The average Bonchev–Trinajstić information content (AvgIpc) is 2.77. The zero-order chi connectivity index (χ0) is 12.3. The fourth-order valence-corrected chi connectivity index (χ4v) is 3.26. The van der Waals surface area contributed by atoms with Crippen molar-refractivity contribution in [3.05, 3.63) is 11.1 Å². The van der Waals surface area contributed by atoms with Gasteiger partial charge in [0.25, 0.3) is 0 Å². The standard InChI is InChI=1S/C12H18N2O2S/c1-2-9-8-17-12(13-9)14-6-4-3-5-10(14)7-11(15)16/h8,10H,2-7H2,1H3,(H,15,16). The van der Waals surface area contributed by atoms with Crippen LogP contribution in [0.15, 0.2) is 5.38 Å². The van der Waals surface area contributed by atoms with E-state index >= 15 is 0 Å². The second kappa shape index (κ2) is 5.49. The Kier molecular flexibility index (Phi) is 3.99. The highest BCUT2D eigenvalue weighted by atomic mass is 32.1. The molecule has 0 amide bonds. The number of nitrogens with zero attached hydrogens (tertiary/aromatic N) is 2. The number of aliphatic carboxylic acids is 1. The molecular weight excluding hydrogens is 236 g/mol. The van der Waals surface area contributed by atoms with Crippen molar-refractivity contribution in [3.8, 4) is 0 Å². The average molecular weight is 254 g/mol. The maximum absolute atomic E-state index is 10.9. The molecule has 1 atom stereocenters. The molecule has 1 fully saturated rings.